The Bertz CT molecular complexity index is 487. The van der Waals surface area contributed by atoms with Crippen molar-refractivity contribution < 1.29 is 9.53 Å². The molecule has 1 aromatic heterocycles. The maximum atomic E-state index is 12.3. The van der Waals surface area contributed by atoms with E-state index in [1.807, 2.05) is 6.07 Å². The summed E-state index contributed by atoms with van der Waals surface area (Å²) in [5, 5.41) is 0. The van der Waals surface area contributed by atoms with Gasteiger partial charge in [-0.15, -0.1) is 11.3 Å². The van der Waals surface area contributed by atoms with Gasteiger partial charge in [0.2, 0.25) is 0 Å². The zero-order valence-corrected chi connectivity index (χ0v) is 15.2. The van der Waals surface area contributed by atoms with Crippen LogP contribution in [-0.4, -0.2) is 42.0 Å². The van der Waals surface area contributed by atoms with Gasteiger partial charge in [-0.2, -0.15) is 0 Å². The zero-order valence-electron chi connectivity index (χ0n) is 11.2. The molecule has 1 unspecified atom stereocenters. The Morgan fingerprint density at radius 3 is 2.79 bits per heavy atom. The van der Waals surface area contributed by atoms with E-state index in [2.05, 4.69) is 57.5 Å². The summed E-state index contributed by atoms with van der Waals surface area (Å²) in [7, 11) is 0. The summed E-state index contributed by atoms with van der Waals surface area (Å²) in [6.45, 7) is 8.22. The summed E-state index contributed by atoms with van der Waals surface area (Å²) in [4.78, 5) is 14.5. The topological polar surface area (TPSA) is 29.5 Å². The molecule has 0 aromatic carbocycles. The maximum Gasteiger partial charge on any atom is 0.178 e. The van der Waals surface area contributed by atoms with Crippen LogP contribution in [0.25, 0.3) is 0 Å². The van der Waals surface area contributed by atoms with Crippen LogP contribution in [0, 0.1) is 0 Å². The van der Waals surface area contributed by atoms with E-state index in [4.69, 9.17) is 4.74 Å². The van der Waals surface area contributed by atoms with Crippen molar-refractivity contribution in [3.8, 4) is 0 Å². The van der Waals surface area contributed by atoms with Crippen LogP contribution in [0.5, 0.6) is 0 Å². The summed E-state index contributed by atoms with van der Waals surface area (Å²) >= 11 is 8.38. The van der Waals surface area contributed by atoms with Crippen LogP contribution in [0.15, 0.2) is 13.6 Å². The van der Waals surface area contributed by atoms with E-state index in [1.165, 1.54) is 11.3 Å². The lowest BCUT2D eigenvalue weighted by atomic mass is 10.0. The van der Waals surface area contributed by atoms with Crippen molar-refractivity contribution in [3.05, 3.63) is 19.2 Å². The van der Waals surface area contributed by atoms with Crippen LogP contribution in [-0.2, 0) is 4.74 Å². The van der Waals surface area contributed by atoms with E-state index in [-0.39, 0.29) is 17.5 Å². The van der Waals surface area contributed by atoms with Crippen molar-refractivity contribution in [2.24, 2.45) is 0 Å². The first-order valence-corrected chi connectivity index (χ1v) is 8.55. The first-order chi connectivity index (χ1) is 8.77. The SMILES string of the molecule is CC1CN(CC(=O)c2cc(Br)sc2Br)CC(C)(C)O1. The number of morpholine rings is 1. The number of nitrogens with zero attached hydrogens (tertiary/aromatic N) is 1. The molecule has 6 heteroatoms. The van der Waals surface area contributed by atoms with Crippen molar-refractivity contribution in [1.82, 2.24) is 4.90 Å². The lowest BCUT2D eigenvalue weighted by molar-refractivity contribution is -0.126. The van der Waals surface area contributed by atoms with Gasteiger partial charge in [0.25, 0.3) is 0 Å². The molecule has 0 aliphatic carbocycles. The number of halogens is 2. The molecule has 2 heterocycles. The van der Waals surface area contributed by atoms with Crippen LogP contribution in [0.1, 0.15) is 31.1 Å². The maximum absolute atomic E-state index is 12.3. The van der Waals surface area contributed by atoms with Crippen LogP contribution in [0.2, 0.25) is 0 Å². The van der Waals surface area contributed by atoms with E-state index in [0.29, 0.717) is 6.54 Å². The molecule has 0 N–H and O–H groups in total. The Kier molecular flexibility index (Phi) is 4.88. The monoisotopic (exact) mass is 409 g/mol. The van der Waals surface area contributed by atoms with Gasteiger partial charge in [0.1, 0.15) is 0 Å². The molecule has 0 spiro atoms. The predicted molar refractivity (Wildman–Crippen MR) is 85.1 cm³/mol. The molecule has 2 rings (SSSR count). The molecule has 0 saturated carbocycles. The molecule has 0 amide bonds. The fraction of sp³-hybridized carbons (Fsp3) is 0.615. The third-order valence-electron chi connectivity index (χ3n) is 2.96. The highest BCUT2D eigenvalue weighted by molar-refractivity contribution is 9.12. The molecule has 19 heavy (non-hydrogen) atoms. The fourth-order valence-electron chi connectivity index (χ4n) is 2.52. The minimum absolute atomic E-state index is 0.152. The lowest BCUT2D eigenvalue weighted by Crippen LogP contribution is -2.53. The number of ketones is 1. The van der Waals surface area contributed by atoms with E-state index in [0.717, 1.165) is 26.2 Å². The summed E-state index contributed by atoms with van der Waals surface area (Å²) < 4.78 is 7.72. The molecule has 1 aromatic rings. The molecule has 1 atom stereocenters. The number of rotatable bonds is 3. The van der Waals surface area contributed by atoms with Crippen LogP contribution in [0.3, 0.4) is 0 Å². The molecule has 106 valence electrons. The Balaban J connectivity index is 2.05. The fourth-order valence-corrected chi connectivity index (χ4v) is 5.38. The summed E-state index contributed by atoms with van der Waals surface area (Å²) in [5.74, 6) is 0.152. The summed E-state index contributed by atoms with van der Waals surface area (Å²) in [5.41, 5.74) is 0.568. The highest BCUT2D eigenvalue weighted by atomic mass is 79.9. The number of hydrogen-bond donors (Lipinski definition) is 0. The molecule has 1 fully saturated rings. The Hall–Kier alpha value is 0.250. The Labute approximate surface area is 134 Å². The van der Waals surface area contributed by atoms with Gasteiger partial charge >= 0.3 is 0 Å². The third kappa shape index (κ3) is 4.11. The number of hydrogen-bond acceptors (Lipinski definition) is 4. The molecule has 0 bridgehead atoms. The predicted octanol–water partition coefficient (Wildman–Crippen LogP) is 3.96. The van der Waals surface area contributed by atoms with Gasteiger partial charge in [-0.1, -0.05) is 0 Å². The van der Waals surface area contributed by atoms with Crippen molar-refractivity contribution in [2.45, 2.75) is 32.5 Å². The Morgan fingerprint density at radius 2 is 2.26 bits per heavy atom. The summed E-state index contributed by atoms with van der Waals surface area (Å²) in [6.07, 6.45) is 0.161. The first kappa shape index (κ1) is 15.6. The second-order valence-corrected chi connectivity index (χ2v) is 9.27. The van der Waals surface area contributed by atoms with Crippen molar-refractivity contribution >= 4 is 49.0 Å². The van der Waals surface area contributed by atoms with Crippen LogP contribution < -0.4 is 0 Å². The van der Waals surface area contributed by atoms with Gasteiger partial charge < -0.3 is 4.74 Å². The quantitative estimate of drug-likeness (QED) is 0.706. The average Bonchev–Trinajstić information content (AvgIpc) is 2.54. The largest absolute Gasteiger partial charge is 0.370 e. The highest BCUT2D eigenvalue weighted by Gasteiger charge is 2.32. The first-order valence-electron chi connectivity index (χ1n) is 6.15. The van der Waals surface area contributed by atoms with Crippen LogP contribution >= 0.6 is 43.2 Å². The van der Waals surface area contributed by atoms with Gasteiger partial charge in [0.15, 0.2) is 5.78 Å². The molecule has 0 radical (unpaired) electrons. The molecular weight excluding hydrogens is 394 g/mol. The smallest absolute Gasteiger partial charge is 0.178 e. The van der Waals surface area contributed by atoms with Crippen LogP contribution in [0.4, 0.5) is 0 Å². The van der Waals surface area contributed by atoms with Gasteiger partial charge in [-0.05, 0) is 58.7 Å². The number of thiophene rings is 1. The van der Waals surface area contributed by atoms with Gasteiger partial charge in [-0.25, -0.2) is 0 Å². The van der Waals surface area contributed by atoms with Gasteiger partial charge in [0, 0.05) is 18.7 Å². The second-order valence-electron chi connectivity index (χ2n) is 5.52. The second kappa shape index (κ2) is 5.93. The Morgan fingerprint density at radius 1 is 1.58 bits per heavy atom. The molecule has 1 aliphatic rings. The van der Waals surface area contributed by atoms with E-state index >= 15 is 0 Å². The number of carbonyl (C=O) groups excluding carboxylic acids is 1. The lowest BCUT2D eigenvalue weighted by Gasteiger charge is -2.41. The average molecular weight is 411 g/mol. The third-order valence-corrected chi connectivity index (χ3v) is 5.30. The minimum Gasteiger partial charge on any atom is -0.370 e. The van der Waals surface area contributed by atoms with E-state index < -0.39 is 0 Å². The standard InChI is InChI=1S/C13H17Br2NO2S/c1-8-5-16(7-13(2,3)18-8)6-10(17)9-4-11(14)19-12(9)15/h4,8H,5-7H2,1-3H3. The highest BCUT2D eigenvalue weighted by Crippen LogP contribution is 2.32. The van der Waals surface area contributed by atoms with Crippen molar-refractivity contribution in [1.29, 1.82) is 0 Å². The molecule has 1 saturated heterocycles. The van der Waals surface area contributed by atoms with E-state index in [9.17, 15) is 4.79 Å². The van der Waals surface area contributed by atoms with Gasteiger partial charge in [-0.3, -0.25) is 9.69 Å². The molecule has 1 aliphatic heterocycles. The number of ether oxygens (including phenoxy) is 1. The van der Waals surface area contributed by atoms with Gasteiger partial charge in [0.05, 0.1) is 25.8 Å². The normalized spacial score (nSPS) is 23.5. The van der Waals surface area contributed by atoms with Crippen molar-refractivity contribution in [2.75, 3.05) is 19.6 Å². The molecule has 3 nitrogen and oxygen atoms in total. The van der Waals surface area contributed by atoms with E-state index in [1.54, 1.807) is 0 Å². The molecular formula is C13H17Br2NO2S. The summed E-state index contributed by atoms with van der Waals surface area (Å²) in [6, 6.07) is 1.88. The number of carbonyl (C=O) groups is 1. The minimum atomic E-state index is -0.190. The zero-order chi connectivity index (χ0) is 14.2. The number of Topliss-reactive ketones (excluding diaryl/α,β-unsaturated/α-hetero) is 1. The van der Waals surface area contributed by atoms with Crippen molar-refractivity contribution in [3.63, 3.8) is 0 Å².